The van der Waals surface area contributed by atoms with Crippen LogP contribution in [0.2, 0.25) is 0 Å². The van der Waals surface area contributed by atoms with E-state index in [-0.39, 0.29) is 19.6 Å². The van der Waals surface area contributed by atoms with Gasteiger partial charge in [0.2, 0.25) is 0 Å². The minimum atomic E-state index is -5.06. The molecule has 1 aliphatic heterocycles. The topological polar surface area (TPSA) is 178 Å². The molecule has 1 heterocycles. The van der Waals surface area contributed by atoms with E-state index < -0.39 is 59.8 Å². The molecule has 0 aromatic heterocycles. The van der Waals surface area contributed by atoms with E-state index in [1.54, 1.807) is 0 Å². The van der Waals surface area contributed by atoms with Gasteiger partial charge in [0.1, 0.15) is 30.5 Å². The molecule has 1 aliphatic rings. The zero-order valence-electron chi connectivity index (χ0n) is 36.8. The standard InChI is InChI=1S/C46H84O12S/c1-3-5-7-9-11-13-15-17-19-21-23-25-27-29-31-33-35-42(48)56-40(39-55-46-44(50)45(58-59(51,52)53)43(49)41(37-47)57-46)38-54-36-34-32-30-28-26-24-22-20-18-16-14-12-10-8-6-4-2/h6,8,12,14,18,20,40-41,43-47,49-50H,3-5,7,9-11,13,15-17,19,21-39H2,1-2H3,(H,51,52,53)/b8-6-,14-12-,20-18-. The van der Waals surface area contributed by atoms with Gasteiger partial charge in [0.25, 0.3) is 0 Å². The van der Waals surface area contributed by atoms with Gasteiger partial charge in [-0.1, -0.05) is 172 Å². The molecule has 13 heteroatoms. The summed E-state index contributed by atoms with van der Waals surface area (Å²) in [6, 6.07) is 0. The predicted octanol–water partition coefficient (Wildman–Crippen LogP) is 9.80. The van der Waals surface area contributed by atoms with Crippen molar-refractivity contribution in [1.82, 2.24) is 0 Å². The maximum Gasteiger partial charge on any atom is 0.397 e. The Morgan fingerprint density at radius 2 is 1.17 bits per heavy atom. The van der Waals surface area contributed by atoms with E-state index in [4.69, 9.17) is 23.5 Å². The van der Waals surface area contributed by atoms with Gasteiger partial charge in [-0.2, -0.15) is 8.42 Å². The Morgan fingerprint density at radius 1 is 0.661 bits per heavy atom. The van der Waals surface area contributed by atoms with Crippen LogP contribution >= 0.6 is 0 Å². The summed E-state index contributed by atoms with van der Waals surface area (Å²) in [6.45, 7) is 3.86. The Bertz CT molecular complexity index is 1180. The summed E-state index contributed by atoms with van der Waals surface area (Å²) in [5.41, 5.74) is 0. The molecule has 12 nitrogen and oxygen atoms in total. The number of hydrogen-bond acceptors (Lipinski definition) is 11. The van der Waals surface area contributed by atoms with Crippen molar-refractivity contribution >= 4 is 16.4 Å². The average molecular weight is 861 g/mol. The molecule has 1 rings (SSSR count). The van der Waals surface area contributed by atoms with Gasteiger partial charge in [-0.3, -0.25) is 9.35 Å². The maximum atomic E-state index is 12.9. The maximum absolute atomic E-state index is 12.9. The van der Waals surface area contributed by atoms with E-state index in [1.807, 2.05) is 0 Å². The fourth-order valence-corrected chi connectivity index (χ4v) is 7.55. The molecule has 4 N–H and O–H groups in total. The summed E-state index contributed by atoms with van der Waals surface area (Å²) in [4.78, 5) is 12.9. The number of aliphatic hydroxyl groups excluding tert-OH is 3. The molecule has 0 amide bonds. The minimum absolute atomic E-state index is 0.0292. The first-order valence-electron chi connectivity index (χ1n) is 23.2. The molecule has 0 aromatic carbocycles. The second-order valence-corrected chi connectivity index (χ2v) is 17.0. The molecule has 0 saturated carbocycles. The smallest absolute Gasteiger partial charge is 0.397 e. The van der Waals surface area contributed by atoms with Crippen LogP contribution in [-0.4, -0.2) is 97.5 Å². The Morgan fingerprint density at radius 3 is 1.71 bits per heavy atom. The lowest BCUT2D eigenvalue weighted by molar-refractivity contribution is -0.301. The van der Waals surface area contributed by atoms with E-state index in [0.29, 0.717) is 13.0 Å². The highest BCUT2D eigenvalue weighted by molar-refractivity contribution is 7.80. The van der Waals surface area contributed by atoms with Gasteiger partial charge in [0.15, 0.2) is 6.29 Å². The van der Waals surface area contributed by atoms with Crippen molar-refractivity contribution in [3.8, 4) is 0 Å². The lowest BCUT2D eigenvalue weighted by Gasteiger charge is -2.41. The molecule has 0 aliphatic carbocycles. The van der Waals surface area contributed by atoms with Gasteiger partial charge < -0.3 is 34.3 Å². The third kappa shape index (κ3) is 31.8. The predicted molar refractivity (Wildman–Crippen MR) is 234 cm³/mol. The molecule has 6 unspecified atom stereocenters. The first-order chi connectivity index (χ1) is 28.6. The summed E-state index contributed by atoms with van der Waals surface area (Å²) in [7, 11) is -5.06. The number of allylic oxidation sites excluding steroid dienone is 6. The molecule has 6 atom stereocenters. The lowest BCUT2D eigenvalue weighted by atomic mass is 9.99. The molecule has 346 valence electrons. The van der Waals surface area contributed by atoms with Crippen LogP contribution in [0.15, 0.2) is 36.5 Å². The van der Waals surface area contributed by atoms with Crippen LogP contribution in [-0.2, 0) is 38.3 Å². The molecule has 0 bridgehead atoms. The molecule has 0 spiro atoms. The number of ether oxygens (including phenoxy) is 4. The SMILES string of the molecule is CC/C=C\C/C=C\C/C=C\CCCCCCCCOCC(COC1OC(CO)C(O)C(OS(=O)(=O)O)C1O)OC(=O)CCCCCCCCCCCCCCCCCC. The number of carbonyl (C=O) groups is 1. The Kier molecular flexibility index (Phi) is 35.7. The van der Waals surface area contributed by atoms with Gasteiger partial charge in [-0.25, -0.2) is 4.18 Å². The van der Waals surface area contributed by atoms with Crippen molar-refractivity contribution < 1.29 is 56.2 Å². The monoisotopic (exact) mass is 861 g/mol. The van der Waals surface area contributed by atoms with Gasteiger partial charge in [-0.05, 0) is 44.9 Å². The first-order valence-corrected chi connectivity index (χ1v) is 24.6. The Labute approximate surface area is 358 Å². The van der Waals surface area contributed by atoms with Crippen LogP contribution < -0.4 is 0 Å². The van der Waals surface area contributed by atoms with E-state index >= 15 is 0 Å². The number of unbranched alkanes of at least 4 members (excludes halogenated alkanes) is 21. The summed E-state index contributed by atoms with van der Waals surface area (Å²) in [5.74, 6) is -0.403. The summed E-state index contributed by atoms with van der Waals surface area (Å²) in [6.07, 6.45) is 34.6. The number of esters is 1. The summed E-state index contributed by atoms with van der Waals surface area (Å²) in [5, 5.41) is 30.7. The van der Waals surface area contributed by atoms with Crippen LogP contribution in [0.4, 0.5) is 0 Å². The van der Waals surface area contributed by atoms with Crippen molar-refractivity contribution in [2.75, 3.05) is 26.4 Å². The number of aliphatic hydroxyl groups is 3. The minimum Gasteiger partial charge on any atom is -0.457 e. The average Bonchev–Trinajstić information content (AvgIpc) is 3.20. The van der Waals surface area contributed by atoms with Crippen molar-refractivity contribution in [1.29, 1.82) is 0 Å². The van der Waals surface area contributed by atoms with Crippen molar-refractivity contribution in [2.45, 2.75) is 224 Å². The quantitative estimate of drug-likeness (QED) is 0.0199. The van der Waals surface area contributed by atoms with Crippen molar-refractivity contribution in [2.24, 2.45) is 0 Å². The van der Waals surface area contributed by atoms with Crippen molar-refractivity contribution in [3.05, 3.63) is 36.5 Å². The molecule has 1 fully saturated rings. The summed E-state index contributed by atoms with van der Waals surface area (Å²) >= 11 is 0. The molecular weight excluding hydrogens is 777 g/mol. The van der Waals surface area contributed by atoms with Crippen molar-refractivity contribution in [3.63, 3.8) is 0 Å². The first kappa shape index (κ1) is 55.3. The normalized spacial score (nSPS) is 20.7. The molecule has 1 saturated heterocycles. The Hall–Kier alpha value is -1.68. The summed E-state index contributed by atoms with van der Waals surface area (Å²) < 4.78 is 59.1. The van der Waals surface area contributed by atoms with Gasteiger partial charge >= 0.3 is 16.4 Å². The van der Waals surface area contributed by atoms with Crippen LogP contribution in [0, 0.1) is 0 Å². The highest BCUT2D eigenvalue weighted by Gasteiger charge is 2.48. The zero-order chi connectivity index (χ0) is 43.2. The largest absolute Gasteiger partial charge is 0.457 e. The van der Waals surface area contributed by atoms with Crippen LogP contribution in [0.3, 0.4) is 0 Å². The second-order valence-electron chi connectivity index (χ2n) is 16.0. The number of hydrogen-bond donors (Lipinski definition) is 4. The zero-order valence-corrected chi connectivity index (χ0v) is 37.6. The third-order valence-corrected chi connectivity index (χ3v) is 11.0. The highest BCUT2D eigenvalue weighted by Crippen LogP contribution is 2.26. The third-order valence-electron chi connectivity index (χ3n) is 10.5. The highest BCUT2D eigenvalue weighted by atomic mass is 32.3. The van der Waals surface area contributed by atoms with E-state index in [0.717, 1.165) is 70.6 Å². The van der Waals surface area contributed by atoms with Crippen LogP contribution in [0.5, 0.6) is 0 Å². The van der Waals surface area contributed by atoms with Crippen LogP contribution in [0.1, 0.15) is 187 Å². The number of carbonyl (C=O) groups excluding carboxylic acids is 1. The molecule has 0 aromatic rings. The van der Waals surface area contributed by atoms with E-state index in [9.17, 15) is 28.5 Å². The molecule has 0 radical (unpaired) electrons. The lowest BCUT2D eigenvalue weighted by Crippen LogP contribution is -2.60. The van der Waals surface area contributed by atoms with Gasteiger partial charge in [0, 0.05) is 13.0 Å². The van der Waals surface area contributed by atoms with E-state index in [1.165, 1.54) is 89.9 Å². The molecule has 59 heavy (non-hydrogen) atoms. The van der Waals surface area contributed by atoms with Gasteiger partial charge in [0.05, 0.1) is 19.8 Å². The fourth-order valence-electron chi connectivity index (χ4n) is 7.04. The van der Waals surface area contributed by atoms with Gasteiger partial charge in [-0.15, -0.1) is 0 Å². The number of rotatable bonds is 40. The molecular formula is C46H84O12S. The van der Waals surface area contributed by atoms with Crippen LogP contribution in [0.25, 0.3) is 0 Å². The second kappa shape index (κ2) is 38.0. The van der Waals surface area contributed by atoms with E-state index in [2.05, 4.69) is 54.5 Å². The Balaban J connectivity index is 2.42. The fraction of sp³-hybridized carbons (Fsp3) is 0.848.